The van der Waals surface area contributed by atoms with E-state index < -0.39 is 12.3 Å². The minimum atomic E-state index is -2.08. The van der Waals surface area contributed by atoms with Crippen molar-refractivity contribution in [3.63, 3.8) is 0 Å². The van der Waals surface area contributed by atoms with Gasteiger partial charge in [-0.15, -0.1) is 0 Å². The summed E-state index contributed by atoms with van der Waals surface area (Å²) in [6.07, 6.45) is -4.17. The third-order valence-corrected chi connectivity index (χ3v) is 0. The first-order valence-corrected chi connectivity index (χ1v) is 1.26. The zero-order valence-electron chi connectivity index (χ0n) is 5.53. The number of carboxylic acid groups (broad SMARTS) is 4. The Hall–Kier alpha value is 0.774. The molecule has 0 aromatic rings. The third kappa shape index (κ3) is 886. The van der Waals surface area contributed by atoms with E-state index in [0.29, 0.717) is 0 Å². The predicted molar refractivity (Wildman–Crippen MR) is 16.0 cm³/mol. The van der Waals surface area contributed by atoms with Gasteiger partial charge in [0.25, 0.3) is 0 Å². The van der Waals surface area contributed by atoms with Crippen LogP contribution < -0.4 is 80.5 Å². The maximum absolute atomic E-state index is 8.44. The summed E-state index contributed by atoms with van der Waals surface area (Å²) in [6, 6.07) is 0. The zero-order valence-corrected chi connectivity index (χ0v) is 8.65. The molecule has 48 valence electrons. The molecule has 0 aliphatic carbocycles. The van der Waals surface area contributed by atoms with Crippen LogP contribution >= 0.6 is 0 Å². The molecule has 0 spiro atoms. The largest absolute Gasteiger partial charge is 1.00 e. The molecule has 0 aliphatic rings. The van der Waals surface area contributed by atoms with Gasteiger partial charge in [0, 0.05) is 0 Å². The standard InChI is InChI=1S/2CH2O3.K.Li/c2*2-1(3)4;;/h2*(H2,2,3,4);;/q;;2*+1/p-2. The molecule has 6 nitrogen and oxygen atoms in total. The van der Waals surface area contributed by atoms with Gasteiger partial charge in [0.05, 0.1) is 0 Å². The molecule has 0 amide bonds. The fraction of sp³-hybridized carbons (Fsp3) is 0. The van der Waals surface area contributed by atoms with Crippen molar-refractivity contribution in [1.82, 2.24) is 0 Å². The Bertz CT molecular complexity index is 73.7. The van der Waals surface area contributed by atoms with Crippen LogP contribution in [0.4, 0.5) is 9.59 Å². The molecule has 0 saturated carbocycles. The van der Waals surface area contributed by atoms with Crippen molar-refractivity contribution in [2.24, 2.45) is 0 Å². The maximum atomic E-state index is 8.44. The van der Waals surface area contributed by atoms with Gasteiger partial charge in [-0.2, -0.15) is 0 Å². The van der Waals surface area contributed by atoms with Crippen LogP contribution in [-0.2, 0) is 0 Å². The van der Waals surface area contributed by atoms with Gasteiger partial charge in [-0.3, -0.25) is 0 Å². The van der Waals surface area contributed by atoms with E-state index in [4.69, 9.17) is 30.0 Å². The molecule has 0 aromatic heterocycles. The normalized spacial score (nSPS) is 4.80. The van der Waals surface area contributed by atoms with Crippen LogP contribution in [0.15, 0.2) is 0 Å². The molecule has 2 N–H and O–H groups in total. The van der Waals surface area contributed by atoms with Crippen molar-refractivity contribution in [3.8, 4) is 0 Å². The summed E-state index contributed by atoms with van der Waals surface area (Å²) in [5, 5.41) is 30.6. The van der Waals surface area contributed by atoms with Crippen molar-refractivity contribution in [3.05, 3.63) is 0 Å². The van der Waals surface area contributed by atoms with Crippen LogP contribution in [0.1, 0.15) is 0 Å². The van der Waals surface area contributed by atoms with Gasteiger partial charge >= 0.3 is 70.2 Å². The summed E-state index contributed by atoms with van der Waals surface area (Å²) in [6.45, 7) is 0. The molecule has 0 radical (unpaired) electrons. The SMILES string of the molecule is O=C([O-])O.O=C([O-])O.[K+].[Li+]. The van der Waals surface area contributed by atoms with Crippen LogP contribution in [0.25, 0.3) is 0 Å². The molecule has 8 heteroatoms. The summed E-state index contributed by atoms with van der Waals surface area (Å²) < 4.78 is 0. The molecule has 0 saturated heterocycles. The van der Waals surface area contributed by atoms with E-state index in [1.807, 2.05) is 0 Å². The molecule has 0 bridgehead atoms. The predicted octanol–water partition coefficient (Wildman–Crippen LogP) is -8.22. The van der Waals surface area contributed by atoms with Gasteiger partial charge in [0.15, 0.2) is 0 Å². The van der Waals surface area contributed by atoms with E-state index in [1.165, 1.54) is 0 Å². The molecular formula is C2H2KLiO6. The Morgan fingerprint density at radius 1 is 1.00 bits per heavy atom. The topological polar surface area (TPSA) is 121 Å². The number of rotatable bonds is 0. The second kappa shape index (κ2) is 16.4. The Labute approximate surface area is 111 Å². The van der Waals surface area contributed by atoms with E-state index in [1.54, 1.807) is 0 Å². The monoisotopic (exact) mass is 168 g/mol. The van der Waals surface area contributed by atoms with Gasteiger partial charge in [-0.1, -0.05) is 0 Å². The van der Waals surface area contributed by atoms with Gasteiger partial charge in [-0.25, -0.2) is 0 Å². The molecule has 0 rings (SSSR count). The molecule has 0 heterocycles. The average molecular weight is 168 g/mol. The molecule has 0 atom stereocenters. The Morgan fingerprint density at radius 3 is 1.00 bits per heavy atom. The minimum Gasteiger partial charge on any atom is -0.565 e. The maximum Gasteiger partial charge on any atom is 1.00 e. The molecular weight excluding hydrogens is 166 g/mol. The van der Waals surface area contributed by atoms with Crippen molar-refractivity contribution in [2.45, 2.75) is 0 Å². The second-order valence-electron chi connectivity index (χ2n) is 0.532. The van der Waals surface area contributed by atoms with Gasteiger partial charge < -0.3 is 30.0 Å². The van der Waals surface area contributed by atoms with Crippen molar-refractivity contribution in [1.29, 1.82) is 0 Å². The summed E-state index contributed by atoms with van der Waals surface area (Å²) in [5.41, 5.74) is 0. The van der Waals surface area contributed by atoms with E-state index in [9.17, 15) is 0 Å². The fourth-order valence-electron chi connectivity index (χ4n) is 0. The number of carbonyl (C=O) groups is 2. The Balaban J connectivity index is -0.0000000300. The molecule has 10 heavy (non-hydrogen) atoms. The smallest absolute Gasteiger partial charge is 0.565 e. The molecule has 0 fully saturated rings. The summed E-state index contributed by atoms with van der Waals surface area (Å²) in [7, 11) is 0. The molecule has 0 aliphatic heterocycles. The Kier molecular flexibility index (Phi) is 36.8. The first-order chi connectivity index (χ1) is 3.46. The third-order valence-electron chi connectivity index (χ3n) is 0. The van der Waals surface area contributed by atoms with Crippen molar-refractivity contribution < 1.29 is 100 Å². The molecule has 0 aromatic carbocycles. The second-order valence-corrected chi connectivity index (χ2v) is 0.532. The van der Waals surface area contributed by atoms with Crippen molar-refractivity contribution in [2.75, 3.05) is 0 Å². The summed E-state index contributed by atoms with van der Waals surface area (Å²) in [4.78, 5) is 16.9. The van der Waals surface area contributed by atoms with Crippen LogP contribution in [-0.4, -0.2) is 22.5 Å². The first-order valence-electron chi connectivity index (χ1n) is 1.26. The van der Waals surface area contributed by atoms with E-state index in [2.05, 4.69) is 0 Å². The van der Waals surface area contributed by atoms with Gasteiger partial charge in [0.1, 0.15) is 0 Å². The minimum absolute atomic E-state index is 0. The quantitative estimate of drug-likeness (QED) is 0.346. The number of hydrogen-bond donors (Lipinski definition) is 2. The van der Waals surface area contributed by atoms with E-state index >= 15 is 0 Å². The van der Waals surface area contributed by atoms with Crippen LogP contribution in [0.3, 0.4) is 0 Å². The summed E-state index contributed by atoms with van der Waals surface area (Å²) >= 11 is 0. The van der Waals surface area contributed by atoms with Gasteiger partial charge in [-0.05, 0) is 0 Å². The van der Waals surface area contributed by atoms with E-state index in [-0.39, 0.29) is 70.2 Å². The summed E-state index contributed by atoms with van der Waals surface area (Å²) in [5.74, 6) is 0. The van der Waals surface area contributed by atoms with Crippen LogP contribution in [0.2, 0.25) is 0 Å². The van der Waals surface area contributed by atoms with Crippen LogP contribution in [0.5, 0.6) is 0 Å². The average Bonchev–Trinajstić information content (AvgIpc) is 1.25. The first kappa shape index (κ1) is 22.4. The van der Waals surface area contributed by atoms with Crippen molar-refractivity contribution >= 4 is 12.3 Å². The van der Waals surface area contributed by atoms with Crippen LogP contribution in [0, 0.1) is 0 Å². The Morgan fingerprint density at radius 2 is 1.00 bits per heavy atom. The zero-order chi connectivity index (χ0) is 7.15. The van der Waals surface area contributed by atoms with Gasteiger partial charge in [0.2, 0.25) is 12.3 Å². The number of hydrogen-bond acceptors (Lipinski definition) is 4. The molecule has 0 unspecified atom stereocenters. The van der Waals surface area contributed by atoms with E-state index in [0.717, 1.165) is 0 Å². The fourth-order valence-corrected chi connectivity index (χ4v) is 0.